The molecule has 0 saturated heterocycles. The molecule has 0 aliphatic carbocycles. The molecule has 0 aromatic heterocycles. The Hall–Kier alpha value is -1.22. The average molecular weight is 350 g/mol. The van der Waals surface area contributed by atoms with Gasteiger partial charge < -0.3 is 31.9 Å². The van der Waals surface area contributed by atoms with E-state index in [1.165, 1.54) is 0 Å². The van der Waals surface area contributed by atoms with Crippen LogP contribution in [-0.4, -0.2) is 56.7 Å². The molecular formula is C16H34N2O6. The maximum absolute atomic E-state index is 10.2. The molecule has 0 spiro atoms. The van der Waals surface area contributed by atoms with Gasteiger partial charge in [-0.2, -0.15) is 0 Å². The number of carbonyl (C=O) groups is 2. The minimum absolute atomic E-state index is 0.270. The van der Waals surface area contributed by atoms with Crippen LogP contribution in [0.1, 0.15) is 53.4 Å². The molecule has 0 bridgehead atoms. The molecule has 0 aliphatic heterocycles. The van der Waals surface area contributed by atoms with Crippen LogP contribution in [0.4, 0.5) is 0 Å². The van der Waals surface area contributed by atoms with Gasteiger partial charge in [0.1, 0.15) is 0 Å². The summed E-state index contributed by atoms with van der Waals surface area (Å²) in [6.45, 7) is 7.92. The van der Waals surface area contributed by atoms with Crippen molar-refractivity contribution < 1.29 is 30.0 Å². The molecule has 24 heavy (non-hydrogen) atoms. The Labute approximate surface area is 143 Å². The van der Waals surface area contributed by atoms with Gasteiger partial charge in [-0.25, -0.2) is 0 Å². The molecule has 0 amide bonds. The van der Waals surface area contributed by atoms with Crippen LogP contribution in [0.15, 0.2) is 0 Å². The zero-order chi connectivity index (χ0) is 19.4. The van der Waals surface area contributed by atoms with Crippen LogP contribution >= 0.6 is 0 Å². The van der Waals surface area contributed by atoms with E-state index in [-0.39, 0.29) is 12.8 Å². The van der Waals surface area contributed by atoms with Crippen LogP contribution in [0.25, 0.3) is 0 Å². The van der Waals surface area contributed by atoms with Crippen molar-refractivity contribution in [1.82, 2.24) is 0 Å². The second-order valence-electron chi connectivity index (χ2n) is 6.92. The van der Waals surface area contributed by atoms with E-state index < -0.39 is 36.2 Å². The van der Waals surface area contributed by atoms with E-state index >= 15 is 0 Å². The smallest absolute Gasteiger partial charge is 0.306 e. The van der Waals surface area contributed by atoms with Gasteiger partial charge in [-0.15, -0.1) is 0 Å². The number of hydrogen-bond acceptors (Lipinski definition) is 6. The van der Waals surface area contributed by atoms with Crippen LogP contribution in [0, 0.1) is 11.8 Å². The van der Waals surface area contributed by atoms with Crippen LogP contribution in [0.2, 0.25) is 0 Å². The van der Waals surface area contributed by atoms with E-state index in [2.05, 4.69) is 0 Å². The summed E-state index contributed by atoms with van der Waals surface area (Å²) >= 11 is 0. The summed E-state index contributed by atoms with van der Waals surface area (Å²) in [5.74, 6) is -1.27. The Morgan fingerprint density at radius 1 is 0.750 bits per heavy atom. The Kier molecular flexibility index (Phi) is 13.7. The molecule has 8 N–H and O–H groups in total. The molecule has 0 aromatic rings. The van der Waals surface area contributed by atoms with Gasteiger partial charge in [0.2, 0.25) is 0 Å². The number of hydrogen-bond donors (Lipinski definition) is 6. The maximum Gasteiger partial charge on any atom is 0.306 e. The first kappa shape index (κ1) is 25.0. The number of nitrogens with two attached hydrogens (primary N) is 2. The highest BCUT2D eigenvalue weighted by Gasteiger charge is 2.19. The molecule has 0 fully saturated rings. The SMILES string of the molecule is CC(C)CC(N)C(O)CC(=O)O.CC(C)CC(N)C(O)CC(=O)O. The Morgan fingerprint density at radius 3 is 1.17 bits per heavy atom. The lowest BCUT2D eigenvalue weighted by atomic mass is 9.98. The lowest BCUT2D eigenvalue weighted by molar-refractivity contribution is -0.140. The lowest BCUT2D eigenvalue weighted by Gasteiger charge is -2.18. The second-order valence-corrected chi connectivity index (χ2v) is 6.92. The molecule has 0 radical (unpaired) electrons. The first-order valence-electron chi connectivity index (χ1n) is 8.17. The van der Waals surface area contributed by atoms with Gasteiger partial charge in [-0.1, -0.05) is 27.7 Å². The summed E-state index contributed by atoms with van der Waals surface area (Å²) in [7, 11) is 0. The van der Waals surface area contributed by atoms with Crippen LogP contribution in [0.3, 0.4) is 0 Å². The largest absolute Gasteiger partial charge is 0.481 e. The van der Waals surface area contributed by atoms with E-state index in [4.69, 9.17) is 21.7 Å². The van der Waals surface area contributed by atoms with Gasteiger partial charge in [0, 0.05) is 12.1 Å². The quantitative estimate of drug-likeness (QED) is 0.329. The third kappa shape index (κ3) is 15.7. The number of carboxylic acids is 2. The van der Waals surface area contributed by atoms with Crippen molar-refractivity contribution in [2.75, 3.05) is 0 Å². The molecule has 0 heterocycles. The zero-order valence-corrected chi connectivity index (χ0v) is 15.1. The molecule has 0 rings (SSSR count). The minimum Gasteiger partial charge on any atom is -0.481 e. The van der Waals surface area contributed by atoms with Gasteiger partial charge in [0.15, 0.2) is 0 Å². The van der Waals surface area contributed by atoms with E-state index in [0.717, 1.165) is 0 Å². The number of carboxylic acid groups (broad SMARTS) is 2. The van der Waals surface area contributed by atoms with Crippen molar-refractivity contribution >= 4 is 11.9 Å². The van der Waals surface area contributed by atoms with E-state index in [1.54, 1.807) is 0 Å². The summed E-state index contributed by atoms with van der Waals surface area (Å²) in [6.07, 6.45) is -1.10. The highest BCUT2D eigenvalue weighted by Crippen LogP contribution is 2.09. The van der Waals surface area contributed by atoms with Crippen molar-refractivity contribution in [3.05, 3.63) is 0 Å². The molecule has 0 aromatic carbocycles. The molecule has 4 unspecified atom stereocenters. The molecule has 8 heteroatoms. The van der Waals surface area contributed by atoms with Crippen molar-refractivity contribution in [2.24, 2.45) is 23.3 Å². The monoisotopic (exact) mass is 350 g/mol. The molecule has 144 valence electrons. The zero-order valence-electron chi connectivity index (χ0n) is 15.1. The highest BCUT2D eigenvalue weighted by molar-refractivity contribution is 5.67. The fourth-order valence-corrected chi connectivity index (χ4v) is 2.06. The fourth-order valence-electron chi connectivity index (χ4n) is 2.06. The third-order valence-corrected chi connectivity index (χ3v) is 3.24. The van der Waals surface area contributed by atoms with Gasteiger partial charge in [0.25, 0.3) is 0 Å². The fraction of sp³-hybridized carbons (Fsp3) is 0.875. The number of rotatable bonds is 10. The molecule has 0 aliphatic rings. The molecule has 0 saturated carbocycles. The third-order valence-electron chi connectivity index (χ3n) is 3.24. The summed E-state index contributed by atoms with van der Waals surface area (Å²) in [5, 5.41) is 35.2. The standard InChI is InChI=1S/2C8H17NO3/c2*1-5(2)3-6(9)7(10)4-8(11)12/h2*5-7,10H,3-4,9H2,1-2H3,(H,11,12). The van der Waals surface area contributed by atoms with Crippen molar-refractivity contribution in [2.45, 2.75) is 77.7 Å². The van der Waals surface area contributed by atoms with Crippen molar-refractivity contribution in [3.63, 3.8) is 0 Å². The number of aliphatic hydroxyl groups is 2. The number of aliphatic carboxylic acids is 2. The first-order chi connectivity index (χ1) is 10.9. The van der Waals surface area contributed by atoms with Gasteiger partial charge in [0.05, 0.1) is 25.0 Å². The van der Waals surface area contributed by atoms with Crippen LogP contribution < -0.4 is 11.5 Å². The van der Waals surface area contributed by atoms with Crippen LogP contribution in [-0.2, 0) is 9.59 Å². The van der Waals surface area contributed by atoms with E-state index in [9.17, 15) is 19.8 Å². The van der Waals surface area contributed by atoms with Crippen molar-refractivity contribution in [1.29, 1.82) is 0 Å². The molecule has 4 atom stereocenters. The van der Waals surface area contributed by atoms with Crippen LogP contribution in [0.5, 0.6) is 0 Å². The summed E-state index contributed by atoms with van der Waals surface area (Å²) in [5.41, 5.74) is 11.1. The predicted octanol–water partition coefficient (Wildman–Crippen LogP) is 0.391. The summed E-state index contributed by atoms with van der Waals surface area (Å²) in [4.78, 5) is 20.4. The minimum atomic E-state index is -1.01. The average Bonchev–Trinajstić information content (AvgIpc) is 2.36. The molecule has 8 nitrogen and oxygen atoms in total. The summed E-state index contributed by atoms with van der Waals surface area (Å²) < 4.78 is 0. The Bertz CT molecular complexity index is 328. The second kappa shape index (κ2) is 13.1. The number of aliphatic hydroxyl groups excluding tert-OH is 2. The highest BCUT2D eigenvalue weighted by atomic mass is 16.4. The lowest BCUT2D eigenvalue weighted by Crippen LogP contribution is -2.37. The van der Waals surface area contributed by atoms with E-state index in [0.29, 0.717) is 24.7 Å². The maximum atomic E-state index is 10.2. The predicted molar refractivity (Wildman–Crippen MR) is 91.4 cm³/mol. The topological polar surface area (TPSA) is 167 Å². The van der Waals surface area contributed by atoms with Gasteiger partial charge >= 0.3 is 11.9 Å². The van der Waals surface area contributed by atoms with Gasteiger partial charge in [-0.05, 0) is 24.7 Å². The van der Waals surface area contributed by atoms with E-state index in [1.807, 2.05) is 27.7 Å². The molecular weight excluding hydrogens is 316 g/mol. The normalized spacial score (nSPS) is 16.1. The van der Waals surface area contributed by atoms with Crippen molar-refractivity contribution in [3.8, 4) is 0 Å². The Morgan fingerprint density at radius 2 is 1.00 bits per heavy atom. The first-order valence-corrected chi connectivity index (χ1v) is 8.17. The van der Waals surface area contributed by atoms with Gasteiger partial charge in [-0.3, -0.25) is 9.59 Å². The summed E-state index contributed by atoms with van der Waals surface area (Å²) in [6, 6.07) is -0.859. The Balaban J connectivity index is 0.